The van der Waals surface area contributed by atoms with Crippen LogP contribution in [0.1, 0.15) is 33.4 Å². The summed E-state index contributed by atoms with van der Waals surface area (Å²) in [5.74, 6) is -0.875. The van der Waals surface area contributed by atoms with Crippen LogP contribution in [-0.4, -0.2) is 18.4 Å². The van der Waals surface area contributed by atoms with Gasteiger partial charge in [0.25, 0.3) is 11.8 Å². The quantitative estimate of drug-likeness (QED) is 0.651. The van der Waals surface area contributed by atoms with Crippen LogP contribution in [-0.2, 0) is 0 Å². The van der Waals surface area contributed by atoms with Crippen molar-refractivity contribution in [1.82, 2.24) is 0 Å². The number of ether oxygens (including phenoxy) is 1. The molecule has 7 heteroatoms. The van der Waals surface area contributed by atoms with E-state index in [0.29, 0.717) is 23.5 Å². The highest BCUT2D eigenvalue weighted by molar-refractivity contribution is 6.07. The maximum atomic E-state index is 13.4. The summed E-state index contributed by atoms with van der Waals surface area (Å²) in [5.41, 5.74) is 1.95. The van der Waals surface area contributed by atoms with Gasteiger partial charge in [-0.1, -0.05) is 6.07 Å². The van der Waals surface area contributed by atoms with Gasteiger partial charge in [-0.25, -0.2) is 4.39 Å². The minimum atomic E-state index is -0.459. The van der Waals surface area contributed by atoms with Crippen molar-refractivity contribution in [3.05, 3.63) is 77.5 Å². The first kappa shape index (κ1) is 19.2. The molecule has 0 atom stereocenters. The minimum Gasteiger partial charge on any atom is -0.492 e. The number of aryl methyl sites for hydroxylation is 1. The van der Waals surface area contributed by atoms with E-state index in [0.717, 1.165) is 5.56 Å². The first-order valence-corrected chi connectivity index (χ1v) is 8.67. The summed E-state index contributed by atoms with van der Waals surface area (Å²) in [6.07, 6.45) is 1.41. The van der Waals surface area contributed by atoms with Gasteiger partial charge in [-0.05, 0) is 55.8 Å². The van der Waals surface area contributed by atoms with Gasteiger partial charge < -0.3 is 19.8 Å². The zero-order chi connectivity index (χ0) is 20.1. The first-order valence-electron chi connectivity index (χ1n) is 8.67. The SMILES string of the molecule is CCOc1cc(F)ccc1NC(=O)c1ccc(C)c(NC(=O)c2ccco2)c1. The van der Waals surface area contributed by atoms with Crippen LogP contribution in [0.5, 0.6) is 5.75 Å². The summed E-state index contributed by atoms with van der Waals surface area (Å²) in [7, 11) is 0. The number of halogens is 1. The number of anilines is 2. The fourth-order valence-corrected chi connectivity index (χ4v) is 2.56. The number of hydrogen-bond donors (Lipinski definition) is 2. The predicted molar refractivity (Wildman–Crippen MR) is 103 cm³/mol. The molecule has 6 nitrogen and oxygen atoms in total. The molecule has 0 aliphatic heterocycles. The number of rotatable bonds is 6. The number of nitrogens with one attached hydrogen (secondary N) is 2. The van der Waals surface area contributed by atoms with Gasteiger partial charge in [0, 0.05) is 17.3 Å². The molecule has 144 valence electrons. The lowest BCUT2D eigenvalue weighted by Gasteiger charge is -2.13. The molecule has 3 rings (SSSR count). The molecule has 1 aromatic heterocycles. The molecule has 3 aromatic rings. The summed E-state index contributed by atoms with van der Waals surface area (Å²) in [6, 6.07) is 12.0. The van der Waals surface area contributed by atoms with Crippen LogP contribution in [0.25, 0.3) is 0 Å². The number of amides is 2. The Morgan fingerprint density at radius 2 is 1.82 bits per heavy atom. The predicted octanol–water partition coefficient (Wildman–Crippen LogP) is 4.63. The van der Waals surface area contributed by atoms with Crippen LogP contribution in [0.3, 0.4) is 0 Å². The smallest absolute Gasteiger partial charge is 0.291 e. The minimum absolute atomic E-state index is 0.168. The molecule has 0 fully saturated rings. The molecule has 0 saturated heterocycles. The van der Waals surface area contributed by atoms with E-state index in [1.807, 2.05) is 6.92 Å². The first-order chi connectivity index (χ1) is 13.5. The monoisotopic (exact) mass is 382 g/mol. The molecular weight excluding hydrogens is 363 g/mol. The van der Waals surface area contributed by atoms with Crippen LogP contribution < -0.4 is 15.4 Å². The third-order valence-corrected chi connectivity index (χ3v) is 3.98. The summed E-state index contributed by atoms with van der Waals surface area (Å²) in [6.45, 7) is 3.91. The average molecular weight is 382 g/mol. The van der Waals surface area contributed by atoms with E-state index >= 15 is 0 Å². The second kappa shape index (κ2) is 8.39. The van der Waals surface area contributed by atoms with Gasteiger partial charge in [-0.3, -0.25) is 9.59 Å². The Bertz CT molecular complexity index is 1000. The van der Waals surface area contributed by atoms with Crippen LogP contribution in [0.4, 0.5) is 15.8 Å². The van der Waals surface area contributed by atoms with E-state index in [1.54, 1.807) is 37.3 Å². The number of hydrogen-bond acceptors (Lipinski definition) is 4. The second-order valence-corrected chi connectivity index (χ2v) is 5.99. The Labute approximate surface area is 161 Å². The van der Waals surface area contributed by atoms with E-state index < -0.39 is 17.6 Å². The largest absolute Gasteiger partial charge is 0.492 e. The zero-order valence-corrected chi connectivity index (χ0v) is 15.4. The van der Waals surface area contributed by atoms with Gasteiger partial charge in [0.1, 0.15) is 11.6 Å². The Balaban J connectivity index is 1.80. The highest BCUT2D eigenvalue weighted by Crippen LogP contribution is 2.26. The standard InChI is InChI=1S/C21H19FN2O4/c1-3-27-19-12-15(22)8-9-16(19)23-20(25)14-7-6-13(2)17(11-14)24-21(26)18-5-4-10-28-18/h4-12H,3H2,1-2H3,(H,23,25)(H,24,26). The van der Waals surface area contributed by atoms with Gasteiger partial charge >= 0.3 is 0 Å². The molecule has 0 aliphatic carbocycles. The topological polar surface area (TPSA) is 80.6 Å². The second-order valence-electron chi connectivity index (χ2n) is 5.99. The van der Waals surface area contributed by atoms with Gasteiger partial charge in [-0.15, -0.1) is 0 Å². The fourth-order valence-electron chi connectivity index (χ4n) is 2.56. The summed E-state index contributed by atoms with van der Waals surface area (Å²) in [4.78, 5) is 24.8. The van der Waals surface area contributed by atoms with Crippen molar-refractivity contribution in [3.63, 3.8) is 0 Å². The maximum Gasteiger partial charge on any atom is 0.291 e. The van der Waals surface area contributed by atoms with Gasteiger partial charge in [0.2, 0.25) is 0 Å². The molecule has 28 heavy (non-hydrogen) atoms. The van der Waals surface area contributed by atoms with Crippen molar-refractivity contribution in [1.29, 1.82) is 0 Å². The van der Waals surface area contributed by atoms with Gasteiger partial charge in [-0.2, -0.15) is 0 Å². The van der Waals surface area contributed by atoms with Crippen LogP contribution in [0.2, 0.25) is 0 Å². The zero-order valence-electron chi connectivity index (χ0n) is 15.4. The van der Waals surface area contributed by atoms with Crippen molar-refractivity contribution in [2.75, 3.05) is 17.2 Å². The van der Waals surface area contributed by atoms with Crippen LogP contribution in [0, 0.1) is 12.7 Å². The van der Waals surface area contributed by atoms with E-state index in [2.05, 4.69) is 10.6 Å². The third-order valence-electron chi connectivity index (χ3n) is 3.98. The summed E-state index contributed by atoms with van der Waals surface area (Å²) < 4.78 is 23.9. The van der Waals surface area contributed by atoms with Gasteiger partial charge in [0.05, 0.1) is 18.6 Å². The lowest BCUT2D eigenvalue weighted by Crippen LogP contribution is -2.15. The van der Waals surface area contributed by atoms with E-state index in [-0.39, 0.29) is 11.5 Å². The molecule has 0 bridgehead atoms. The molecule has 2 amide bonds. The van der Waals surface area contributed by atoms with Crippen molar-refractivity contribution >= 4 is 23.2 Å². The Morgan fingerprint density at radius 1 is 1.04 bits per heavy atom. The van der Waals surface area contributed by atoms with Crippen molar-refractivity contribution in [2.45, 2.75) is 13.8 Å². The number of furan rings is 1. The van der Waals surface area contributed by atoms with Gasteiger partial charge in [0.15, 0.2) is 5.76 Å². The van der Waals surface area contributed by atoms with E-state index in [4.69, 9.17) is 9.15 Å². The van der Waals surface area contributed by atoms with Crippen molar-refractivity contribution in [3.8, 4) is 5.75 Å². The number of benzene rings is 2. The van der Waals surface area contributed by atoms with Crippen molar-refractivity contribution < 1.29 is 23.1 Å². The molecule has 2 N–H and O–H groups in total. The number of carbonyl (C=O) groups excluding carboxylic acids is 2. The molecule has 1 heterocycles. The Hall–Kier alpha value is -3.61. The highest BCUT2D eigenvalue weighted by Gasteiger charge is 2.15. The third kappa shape index (κ3) is 4.37. The Morgan fingerprint density at radius 3 is 2.54 bits per heavy atom. The average Bonchev–Trinajstić information content (AvgIpc) is 3.21. The molecule has 2 aromatic carbocycles. The lowest BCUT2D eigenvalue weighted by molar-refractivity contribution is 0.0993. The molecule has 0 aliphatic rings. The maximum absolute atomic E-state index is 13.4. The van der Waals surface area contributed by atoms with E-state index in [9.17, 15) is 14.0 Å². The highest BCUT2D eigenvalue weighted by atomic mass is 19.1. The van der Waals surface area contributed by atoms with Crippen LogP contribution in [0.15, 0.2) is 59.2 Å². The number of carbonyl (C=O) groups is 2. The molecule has 0 unspecified atom stereocenters. The molecular formula is C21H19FN2O4. The van der Waals surface area contributed by atoms with Crippen LogP contribution >= 0.6 is 0 Å². The summed E-state index contributed by atoms with van der Waals surface area (Å²) >= 11 is 0. The Kier molecular flexibility index (Phi) is 5.74. The molecule has 0 saturated carbocycles. The molecule has 0 spiro atoms. The lowest BCUT2D eigenvalue weighted by atomic mass is 10.1. The van der Waals surface area contributed by atoms with Crippen molar-refractivity contribution in [2.24, 2.45) is 0 Å². The normalized spacial score (nSPS) is 10.4. The summed E-state index contributed by atoms with van der Waals surface area (Å²) in [5, 5.41) is 5.43. The molecule has 0 radical (unpaired) electrons. The van der Waals surface area contributed by atoms with E-state index in [1.165, 1.54) is 24.5 Å². The fraction of sp³-hybridized carbons (Fsp3) is 0.143.